The van der Waals surface area contributed by atoms with Crippen molar-refractivity contribution < 1.29 is 4.48 Å². The number of hydrogen-bond donors (Lipinski definition) is 0. The van der Waals surface area contributed by atoms with E-state index in [4.69, 9.17) is 0 Å². The lowest BCUT2D eigenvalue weighted by Gasteiger charge is -2.24. The van der Waals surface area contributed by atoms with Gasteiger partial charge in [-0.3, -0.25) is 0 Å². The summed E-state index contributed by atoms with van der Waals surface area (Å²) in [5.74, 6) is 0. The second-order valence-electron chi connectivity index (χ2n) is 4.93. The molecule has 0 amide bonds. The second-order valence-corrected chi connectivity index (χ2v) is 4.93. The van der Waals surface area contributed by atoms with Crippen LogP contribution < -0.4 is 0 Å². The number of quaternary nitrogens is 1. The number of hydrogen-bond acceptors (Lipinski definition) is 0. The fourth-order valence-electron chi connectivity index (χ4n) is 1.20. The first-order valence-electron chi connectivity index (χ1n) is 5.12. The van der Waals surface area contributed by atoms with Crippen LogP contribution >= 0.6 is 0 Å². The molecule has 0 unspecified atom stereocenters. The molecule has 1 nitrogen and oxygen atoms in total. The maximum absolute atomic E-state index is 2.21. The summed E-state index contributed by atoms with van der Waals surface area (Å²) >= 11 is 0. The van der Waals surface area contributed by atoms with Crippen LogP contribution in [0.5, 0.6) is 0 Å². The van der Waals surface area contributed by atoms with Crippen LogP contribution in [0.2, 0.25) is 0 Å². The third-order valence-corrected chi connectivity index (χ3v) is 1.67. The highest BCUT2D eigenvalue weighted by Crippen LogP contribution is 2.05. The summed E-state index contributed by atoms with van der Waals surface area (Å²) in [5.41, 5.74) is 2.72. The van der Waals surface area contributed by atoms with Crippen LogP contribution in [0.1, 0.15) is 20.8 Å². The molecule has 0 bridgehead atoms. The van der Waals surface area contributed by atoms with Gasteiger partial charge < -0.3 is 4.48 Å². The minimum atomic E-state index is 0.965. The van der Waals surface area contributed by atoms with Gasteiger partial charge in [0.25, 0.3) is 0 Å². The number of rotatable bonds is 4. The van der Waals surface area contributed by atoms with Crippen LogP contribution in [0, 0.1) is 0 Å². The van der Waals surface area contributed by atoms with E-state index in [9.17, 15) is 0 Å². The zero-order chi connectivity index (χ0) is 11.2. The quantitative estimate of drug-likeness (QED) is 0.476. The molecule has 14 heavy (non-hydrogen) atoms. The van der Waals surface area contributed by atoms with Crippen LogP contribution in [0.15, 0.2) is 35.5 Å². The van der Waals surface area contributed by atoms with E-state index in [1.54, 1.807) is 0 Å². The zero-order valence-electron chi connectivity index (χ0n) is 10.5. The Kier molecular flexibility index (Phi) is 5.47. The maximum Gasteiger partial charge on any atom is 0.104 e. The predicted molar refractivity (Wildman–Crippen MR) is 65.2 cm³/mol. The molecule has 0 aliphatic carbocycles. The fraction of sp³-hybridized carbons (Fsp3) is 0.538. The molecule has 0 rings (SSSR count). The topological polar surface area (TPSA) is 0 Å². The number of likely N-dealkylation sites (N-methyl/N-ethyl adjacent to an activating group) is 1. The van der Waals surface area contributed by atoms with Crippen molar-refractivity contribution in [1.29, 1.82) is 0 Å². The summed E-state index contributed by atoms with van der Waals surface area (Å²) in [6.45, 7) is 7.37. The van der Waals surface area contributed by atoms with Gasteiger partial charge in [-0.15, -0.1) is 0 Å². The summed E-state index contributed by atoms with van der Waals surface area (Å²) in [5, 5.41) is 0. The van der Waals surface area contributed by atoms with E-state index >= 15 is 0 Å². The Morgan fingerprint density at radius 3 is 2.00 bits per heavy atom. The molecule has 0 atom stereocenters. The minimum absolute atomic E-state index is 0.965. The van der Waals surface area contributed by atoms with Crippen molar-refractivity contribution in [3.63, 3.8) is 0 Å². The van der Waals surface area contributed by atoms with Gasteiger partial charge in [-0.1, -0.05) is 29.9 Å². The largest absolute Gasteiger partial charge is 0.327 e. The van der Waals surface area contributed by atoms with Gasteiger partial charge in [-0.05, 0) is 20.8 Å². The molecule has 0 radical (unpaired) electrons. The predicted octanol–water partition coefficient (Wildman–Crippen LogP) is 3.16. The first kappa shape index (κ1) is 13.2. The molecule has 0 saturated carbocycles. The molecule has 0 aliphatic heterocycles. The standard InChI is InChI=1S/C13H24N/c1-7-8-13(10-9-12(2)3)11-14(4,5)6/h7-10H,11H2,1-6H3/q+1/b8-7-,13-10+. The lowest BCUT2D eigenvalue weighted by Crippen LogP contribution is -2.35. The molecule has 0 aromatic rings. The fourth-order valence-corrected chi connectivity index (χ4v) is 1.20. The summed E-state index contributed by atoms with van der Waals surface area (Å²) < 4.78 is 0.965. The highest BCUT2D eigenvalue weighted by molar-refractivity contribution is 5.25. The first-order valence-corrected chi connectivity index (χ1v) is 5.12. The van der Waals surface area contributed by atoms with E-state index in [0.717, 1.165) is 11.0 Å². The van der Waals surface area contributed by atoms with Gasteiger partial charge in [0.05, 0.1) is 21.1 Å². The summed E-state index contributed by atoms with van der Waals surface area (Å²) in [6.07, 6.45) is 8.66. The van der Waals surface area contributed by atoms with Crippen LogP contribution in [0.3, 0.4) is 0 Å². The van der Waals surface area contributed by atoms with E-state index in [-0.39, 0.29) is 0 Å². The molecule has 0 heterocycles. The van der Waals surface area contributed by atoms with E-state index in [1.807, 2.05) is 0 Å². The molecule has 0 aromatic carbocycles. The van der Waals surface area contributed by atoms with E-state index in [0.29, 0.717) is 0 Å². The number of allylic oxidation sites excluding steroid dienone is 4. The Morgan fingerprint density at radius 2 is 1.64 bits per heavy atom. The summed E-state index contributed by atoms with van der Waals surface area (Å²) in [7, 11) is 6.62. The molecule has 0 saturated heterocycles. The maximum atomic E-state index is 2.21. The van der Waals surface area contributed by atoms with Crippen LogP contribution in [0.4, 0.5) is 0 Å². The molecular weight excluding hydrogens is 170 g/mol. The van der Waals surface area contributed by atoms with Crippen molar-refractivity contribution in [3.05, 3.63) is 35.5 Å². The van der Waals surface area contributed by atoms with Gasteiger partial charge >= 0.3 is 0 Å². The van der Waals surface area contributed by atoms with Gasteiger partial charge in [-0.2, -0.15) is 0 Å². The zero-order valence-corrected chi connectivity index (χ0v) is 10.5. The van der Waals surface area contributed by atoms with Gasteiger partial charge in [0, 0.05) is 5.57 Å². The van der Waals surface area contributed by atoms with Crippen molar-refractivity contribution in [1.82, 2.24) is 0 Å². The second kappa shape index (κ2) is 5.82. The highest BCUT2D eigenvalue weighted by atomic mass is 15.3. The normalized spacial score (nSPS) is 13.4. The Morgan fingerprint density at radius 1 is 1.07 bits per heavy atom. The molecule has 1 heteroatoms. The third-order valence-electron chi connectivity index (χ3n) is 1.67. The Labute approximate surface area is 89.0 Å². The summed E-state index contributed by atoms with van der Waals surface area (Å²) in [4.78, 5) is 0. The first-order chi connectivity index (χ1) is 6.35. The van der Waals surface area contributed by atoms with Crippen LogP contribution in [-0.2, 0) is 0 Å². The molecule has 80 valence electrons. The lowest BCUT2D eigenvalue weighted by molar-refractivity contribution is -0.865. The van der Waals surface area contributed by atoms with Crippen molar-refractivity contribution in [2.75, 3.05) is 27.7 Å². The van der Waals surface area contributed by atoms with E-state index in [2.05, 4.69) is 66.2 Å². The van der Waals surface area contributed by atoms with Crippen molar-refractivity contribution in [2.24, 2.45) is 0 Å². The Hall–Kier alpha value is -0.820. The summed E-state index contributed by atoms with van der Waals surface area (Å²) in [6, 6.07) is 0. The molecule has 0 fully saturated rings. The minimum Gasteiger partial charge on any atom is -0.327 e. The molecular formula is C13H24N+. The van der Waals surface area contributed by atoms with Gasteiger partial charge in [0.15, 0.2) is 0 Å². The molecule has 0 spiro atoms. The average Bonchev–Trinajstić information content (AvgIpc) is 1.98. The van der Waals surface area contributed by atoms with Gasteiger partial charge in [0.2, 0.25) is 0 Å². The van der Waals surface area contributed by atoms with Crippen LogP contribution in [-0.4, -0.2) is 32.2 Å². The SMILES string of the molecule is C/C=C\C(=C/C=C(C)C)C[N+](C)(C)C. The lowest BCUT2D eigenvalue weighted by atomic mass is 10.2. The smallest absolute Gasteiger partial charge is 0.104 e. The van der Waals surface area contributed by atoms with Gasteiger partial charge in [0.1, 0.15) is 6.54 Å². The Balaban J connectivity index is 4.61. The Bertz CT molecular complexity index is 245. The van der Waals surface area contributed by atoms with Crippen LogP contribution in [0.25, 0.3) is 0 Å². The van der Waals surface area contributed by atoms with Crippen molar-refractivity contribution in [2.45, 2.75) is 20.8 Å². The third kappa shape index (κ3) is 7.81. The van der Waals surface area contributed by atoms with Crippen molar-refractivity contribution in [3.8, 4) is 0 Å². The van der Waals surface area contributed by atoms with E-state index < -0.39 is 0 Å². The van der Waals surface area contributed by atoms with Gasteiger partial charge in [-0.25, -0.2) is 0 Å². The number of nitrogens with zero attached hydrogens (tertiary/aromatic N) is 1. The highest BCUT2D eigenvalue weighted by Gasteiger charge is 2.07. The average molecular weight is 194 g/mol. The molecule has 0 aromatic heterocycles. The molecule has 0 N–H and O–H groups in total. The van der Waals surface area contributed by atoms with E-state index in [1.165, 1.54) is 11.1 Å². The monoisotopic (exact) mass is 194 g/mol. The molecule has 0 aliphatic rings. The van der Waals surface area contributed by atoms with Crippen molar-refractivity contribution >= 4 is 0 Å².